The van der Waals surface area contributed by atoms with Crippen LogP contribution in [0.25, 0.3) is 0 Å². The van der Waals surface area contributed by atoms with Crippen molar-refractivity contribution in [1.82, 2.24) is 0 Å². The highest BCUT2D eigenvalue weighted by atomic mass is 19.3. The summed E-state index contributed by atoms with van der Waals surface area (Å²) in [6.07, 6.45) is -2.27. The topological polar surface area (TPSA) is 134 Å². The van der Waals surface area contributed by atoms with Gasteiger partial charge in [-0.05, 0) is 6.07 Å². The number of rotatable bonds is 5. The zero-order chi connectivity index (χ0) is 15.4. The molecule has 0 spiro atoms. The molecule has 0 aliphatic carbocycles. The lowest BCUT2D eigenvalue weighted by Crippen LogP contribution is -2.15. The Morgan fingerprint density at radius 3 is 2.50 bits per heavy atom. The summed E-state index contributed by atoms with van der Waals surface area (Å²) in [4.78, 5) is 20.3. The van der Waals surface area contributed by atoms with Gasteiger partial charge in [0.25, 0.3) is 5.69 Å². The van der Waals surface area contributed by atoms with E-state index in [2.05, 4.69) is 4.74 Å². The van der Waals surface area contributed by atoms with Crippen molar-refractivity contribution in [3.8, 4) is 11.8 Å². The molecule has 0 radical (unpaired) electrons. The number of carbonyl (C=O) groups is 1. The minimum absolute atomic E-state index is 0.681. The van der Waals surface area contributed by atoms with Crippen LogP contribution in [0.1, 0.15) is 17.2 Å². The van der Waals surface area contributed by atoms with Crippen LogP contribution in [-0.2, 0) is 4.79 Å². The van der Waals surface area contributed by atoms with Gasteiger partial charge in [-0.1, -0.05) is 0 Å². The summed E-state index contributed by atoms with van der Waals surface area (Å²) in [7, 11) is 0. The summed E-state index contributed by atoms with van der Waals surface area (Å²) in [6.45, 7) is -3.45. The van der Waals surface area contributed by atoms with Crippen molar-refractivity contribution >= 4 is 11.7 Å². The third kappa shape index (κ3) is 2.96. The Bertz CT molecular complexity index is 598. The predicted molar refractivity (Wildman–Crippen MR) is 57.0 cm³/mol. The van der Waals surface area contributed by atoms with E-state index in [4.69, 9.17) is 10.4 Å². The predicted octanol–water partition coefficient (Wildman–Crippen LogP) is 1.19. The quantitative estimate of drug-likeness (QED) is 0.613. The van der Waals surface area contributed by atoms with Crippen LogP contribution in [0.2, 0.25) is 0 Å². The molecule has 106 valence electrons. The summed E-state index contributed by atoms with van der Waals surface area (Å²) >= 11 is 0. The second-order valence-electron chi connectivity index (χ2n) is 3.37. The molecule has 0 saturated carbocycles. The van der Waals surface area contributed by atoms with E-state index in [1.165, 1.54) is 6.07 Å². The molecular formula is C10H6F2N2O6. The first-order valence-electron chi connectivity index (χ1n) is 4.86. The Balaban J connectivity index is 3.58. The second kappa shape index (κ2) is 5.89. The first-order chi connectivity index (χ1) is 9.29. The highest BCUT2D eigenvalue weighted by Gasteiger charge is 2.29. The van der Waals surface area contributed by atoms with Crippen LogP contribution in [0.15, 0.2) is 12.1 Å². The van der Waals surface area contributed by atoms with E-state index in [1.54, 1.807) is 0 Å². The van der Waals surface area contributed by atoms with Gasteiger partial charge in [0.15, 0.2) is 17.4 Å². The molecule has 8 nitrogen and oxygen atoms in total. The lowest BCUT2D eigenvalue weighted by atomic mass is 10.0. The van der Waals surface area contributed by atoms with E-state index in [1.807, 2.05) is 0 Å². The van der Waals surface area contributed by atoms with Crippen molar-refractivity contribution in [1.29, 1.82) is 5.26 Å². The summed E-state index contributed by atoms with van der Waals surface area (Å²) in [5, 5.41) is 37.4. The van der Waals surface area contributed by atoms with Crippen molar-refractivity contribution in [2.75, 3.05) is 0 Å². The smallest absolute Gasteiger partial charge is 0.387 e. The maximum absolute atomic E-state index is 12.3. The fraction of sp³-hybridized carbons (Fsp3) is 0.200. The van der Waals surface area contributed by atoms with Gasteiger partial charge in [-0.2, -0.15) is 14.0 Å². The fourth-order valence-corrected chi connectivity index (χ4v) is 1.41. The highest BCUT2D eigenvalue weighted by Crippen LogP contribution is 2.36. The molecule has 2 N–H and O–H groups in total. The van der Waals surface area contributed by atoms with Gasteiger partial charge in [0.1, 0.15) is 6.07 Å². The first-order valence-corrected chi connectivity index (χ1v) is 4.86. The van der Waals surface area contributed by atoms with Crippen molar-refractivity contribution in [2.45, 2.75) is 12.7 Å². The summed E-state index contributed by atoms with van der Waals surface area (Å²) in [5.74, 6) is -2.83. The SMILES string of the molecule is N#Cc1c([N+](=O)[O-])ccc(C(O)C(=O)O)c1OC(F)F. The van der Waals surface area contributed by atoms with Crippen molar-refractivity contribution < 1.29 is 33.4 Å². The Hall–Kier alpha value is -2.80. The molecule has 10 heteroatoms. The van der Waals surface area contributed by atoms with Gasteiger partial charge in [-0.3, -0.25) is 10.1 Å². The fourth-order valence-electron chi connectivity index (χ4n) is 1.41. The number of carboxylic acid groups (broad SMARTS) is 1. The molecule has 1 unspecified atom stereocenters. The van der Waals surface area contributed by atoms with Crippen LogP contribution >= 0.6 is 0 Å². The molecule has 1 aromatic rings. The third-order valence-electron chi connectivity index (χ3n) is 2.21. The molecule has 0 heterocycles. The lowest BCUT2D eigenvalue weighted by molar-refractivity contribution is -0.385. The molecule has 1 aromatic carbocycles. The molecule has 0 aromatic heterocycles. The lowest BCUT2D eigenvalue weighted by Gasteiger charge is -2.14. The summed E-state index contributed by atoms with van der Waals surface area (Å²) in [5.41, 5.74) is -2.42. The van der Waals surface area contributed by atoms with E-state index in [9.17, 15) is 28.8 Å². The van der Waals surface area contributed by atoms with E-state index in [0.717, 1.165) is 12.1 Å². The van der Waals surface area contributed by atoms with Crippen LogP contribution in [0, 0.1) is 21.4 Å². The molecule has 0 aliphatic heterocycles. The van der Waals surface area contributed by atoms with Gasteiger partial charge < -0.3 is 14.9 Å². The van der Waals surface area contributed by atoms with Crippen LogP contribution < -0.4 is 4.74 Å². The van der Waals surface area contributed by atoms with Gasteiger partial charge in [0, 0.05) is 11.6 Å². The molecule has 1 atom stereocenters. The molecule has 0 bridgehead atoms. The van der Waals surface area contributed by atoms with Crippen LogP contribution in [0.5, 0.6) is 5.75 Å². The molecule has 0 aliphatic rings. The van der Waals surface area contributed by atoms with Crippen molar-refractivity contribution in [3.05, 3.63) is 33.4 Å². The van der Waals surface area contributed by atoms with E-state index in [0.29, 0.717) is 0 Å². The number of carboxylic acids is 1. The largest absolute Gasteiger partial charge is 0.479 e. The number of aliphatic hydroxyl groups excluding tert-OH is 1. The molecule has 20 heavy (non-hydrogen) atoms. The van der Waals surface area contributed by atoms with Crippen molar-refractivity contribution in [3.63, 3.8) is 0 Å². The number of nitrogens with zero attached hydrogens (tertiary/aromatic N) is 2. The average molecular weight is 288 g/mol. The minimum atomic E-state index is -3.45. The first kappa shape index (κ1) is 15.3. The van der Waals surface area contributed by atoms with Gasteiger partial charge >= 0.3 is 12.6 Å². The zero-order valence-electron chi connectivity index (χ0n) is 9.49. The normalized spacial score (nSPS) is 11.8. The molecule has 1 rings (SSSR count). The van der Waals surface area contributed by atoms with Gasteiger partial charge in [0.05, 0.1) is 4.92 Å². The third-order valence-corrected chi connectivity index (χ3v) is 2.21. The number of nitro benzene ring substituents is 1. The van der Waals surface area contributed by atoms with Gasteiger partial charge in [-0.15, -0.1) is 0 Å². The Morgan fingerprint density at radius 2 is 2.10 bits per heavy atom. The molecule has 0 amide bonds. The second-order valence-corrected chi connectivity index (χ2v) is 3.37. The Kier molecular flexibility index (Phi) is 4.50. The molecule has 0 saturated heterocycles. The van der Waals surface area contributed by atoms with E-state index < -0.39 is 46.2 Å². The molecule has 0 fully saturated rings. The number of halogens is 2. The number of nitro groups is 1. The minimum Gasteiger partial charge on any atom is -0.479 e. The van der Waals surface area contributed by atoms with Gasteiger partial charge in [0.2, 0.25) is 0 Å². The average Bonchev–Trinajstić information content (AvgIpc) is 2.36. The van der Waals surface area contributed by atoms with E-state index >= 15 is 0 Å². The number of alkyl halides is 2. The number of benzene rings is 1. The standard InChI is InChI=1S/C10H6F2N2O6/c11-10(12)20-8-4(7(15)9(16)17)1-2-6(14(18)19)5(8)3-13/h1-2,7,10,15H,(H,16,17). The van der Waals surface area contributed by atoms with Crippen molar-refractivity contribution in [2.24, 2.45) is 0 Å². The van der Waals surface area contributed by atoms with Gasteiger partial charge in [-0.25, -0.2) is 4.79 Å². The molecular weight excluding hydrogens is 282 g/mol. The summed E-state index contributed by atoms with van der Waals surface area (Å²) < 4.78 is 28.5. The number of aliphatic hydroxyl groups is 1. The maximum atomic E-state index is 12.3. The maximum Gasteiger partial charge on any atom is 0.387 e. The van der Waals surface area contributed by atoms with Crippen LogP contribution in [-0.4, -0.2) is 27.7 Å². The Labute approximate surface area is 109 Å². The number of aliphatic carboxylic acids is 1. The highest BCUT2D eigenvalue weighted by molar-refractivity contribution is 5.77. The Morgan fingerprint density at radius 1 is 1.50 bits per heavy atom. The number of nitriles is 1. The van der Waals surface area contributed by atoms with E-state index in [-0.39, 0.29) is 0 Å². The number of ether oxygens (including phenoxy) is 1. The number of hydrogen-bond donors (Lipinski definition) is 2. The number of hydrogen-bond acceptors (Lipinski definition) is 6. The zero-order valence-corrected chi connectivity index (χ0v) is 9.49. The summed E-state index contributed by atoms with van der Waals surface area (Å²) in [6, 6.07) is 2.73. The monoisotopic (exact) mass is 288 g/mol. The van der Waals surface area contributed by atoms with Crippen LogP contribution in [0.4, 0.5) is 14.5 Å². The van der Waals surface area contributed by atoms with Crippen LogP contribution in [0.3, 0.4) is 0 Å².